The molecule has 6 nitrogen and oxygen atoms in total. The molecule has 1 atom stereocenters. The fraction of sp³-hybridized carbons (Fsp3) is 0.795. The van der Waals surface area contributed by atoms with Gasteiger partial charge in [0.25, 0.3) is 0 Å². The molecule has 0 heterocycles. The van der Waals surface area contributed by atoms with Crippen molar-refractivity contribution < 1.29 is 28.6 Å². The van der Waals surface area contributed by atoms with Crippen molar-refractivity contribution in [1.29, 1.82) is 0 Å². The number of carbonyl (C=O) groups excluding carboxylic acids is 3. The number of rotatable bonds is 63. The lowest BCUT2D eigenvalue weighted by Gasteiger charge is -2.18. The maximum absolute atomic E-state index is 12.9. The summed E-state index contributed by atoms with van der Waals surface area (Å²) in [4.78, 5) is 38.3. The molecule has 458 valence electrons. The quantitative estimate of drug-likeness (QED) is 0.0261. The Morgan fingerprint density at radius 2 is 0.494 bits per heavy atom. The van der Waals surface area contributed by atoms with Crippen LogP contribution in [0.25, 0.3) is 0 Å². The van der Waals surface area contributed by atoms with Crippen LogP contribution in [0, 0.1) is 0 Å². The van der Waals surface area contributed by atoms with E-state index in [9.17, 15) is 14.4 Å². The van der Waals surface area contributed by atoms with Crippen molar-refractivity contribution in [2.45, 2.75) is 361 Å². The van der Waals surface area contributed by atoms with Crippen LogP contribution in [0.1, 0.15) is 355 Å². The molecular weight excluding hydrogens is 973 g/mol. The van der Waals surface area contributed by atoms with Crippen molar-refractivity contribution in [2.75, 3.05) is 13.2 Å². The fourth-order valence-corrected chi connectivity index (χ4v) is 10.1. The minimum absolute atomic E-state index is 0.0744. The Bertz CT molecular complexity index is 1450. The molecule has 0 spiro atoms. The van der Waals surface area contributed by atoms with Crippen LogP contribution in [0.15, 0.2) is 72.9 Å². The van der Waals surface area contributed by atoms with Crippen molar-refractivity contribution in [2.24, 2.45) is 0 Å². The molecule has 0 radical (unpaired) electrons. The summed E-state index contributed by atoms with van der Waals surface area (Å²) in [5, 5.41) is 0. The summed E-state index contributed by atoms with van der Waals surface area (Å²) in [6, 6.07) is 0. The van der Waals surface area contributed by atoms with E-state index in [1.807, 2.05) is 0 Å². The van der Waals surface area contributed by atoms with Crippen LogP contribution < -0.4 is 0 Å². The Balaban J connectivity index is 4.19. The fourth-order valence-electron chi connectivity index (χ4n) is 10.1. The minimum Gasteiger partial charge on any atom is -0.462 e. The van der Waals surface area contributed by atoms with Gasteiger partial charge in [-0.15, -0.1) is 0 Å². The predicted octanol–water partition coefficient (Wildman–Crippen LogP) is 23.7. The highest BCUT2D eigenvalue weighted by Crippen LogP contribution is 2.18. The number of allylic oxidation sites excluding steroid dienone is 12. The molecule has 0 aromatic heterocycles. The summed E-state index contributed by atoms with van der Waals surface area (Å²) < 4.78 is 16.9. The van der Waals surface area contributed by atoms with Gasteiger partial charge in [0.15, 0.2) is 6.10 Å². The van der Waals surface area contributed by atoms with E-state index < -0.39 is 6.10 Å². The van der Waals surface area contributed by atoms with Gasteiger partial charge in [0.2, 0.25) is 0 Å². The molecule has 0 amide bonds. The van der Waals surface area contributed by atoms with E-state index in [1.54, 1.807) is 0 Å². The monoisotopic (exact) mass is 1100 g/mol. The predicted molar refractivity (Wildman–Crippen MR) is 344 cm³/mol. The molecular formula is C73H130O6. The van der Waals surface area contributed by atoms with Gasteiger partial charge in [0.05, 0.1) is 0 Å². The van der Waals surface area contributed by atoms with Crippen molar-refractivity contribution in [3.05, 3.63) is 72.9 Å². The van der Waals surface area contributed by atoms with Crippen molar-refractivity contribution in [3.8, 4) is 0 Å². The number of ether oxygens (including phenoxy) is 3. The van der Waals surface area contributed by atoms with Crippen LogP contribution in [0.2, 0.25) is 0 Å². The molecule has 0 N–H and O–H groups in total. The molecule has 0 aliphatic carbocycles. The molecule has 1 unspecified atom stereocenters. The van der Waals surface area contributed by atoms with E-state index in [1.165, 1.54) is 218 Å². The molecule has 0 rings (SSSR count). The van der Waals surface area contributed by atoms with E-state index >= 15 is 0 Å². The number of esters is 3. The largest absolute Gasteiger partial charge is 0.462 e. The number of hydrogen-bond donors (Lipinski definition) is 0. The van der Waals surface area contributed by atoms with E-state index in [4.69, 9.17) is 14.2 Å². The number of hydrogen-bond acceptors (Lipinski definition) is 6. The SMILES string of the molecule is CC/C=C\C/C=C\C/C=C\C/C=C\CCCCCCCCCCC(=O)OC(COC(=O)CCCCCCCCCCCCC)COC(=O)CCCCCCCCCCCCCCCCCCC/C=C\C/C=C\CCCCCCC. The summed E-state index contributed by atoms with van der Waals surface area (Å²) in [5.41, 5.74) is 0. The Morgan fingerprint density at radius 1 is 0.266 bits per heavy atom. The Kier molecular flexibility index (Phi) is 64.7. The smallest absolute Gasteiger partial charge is 0.306 e. The zero-order chi connectivity index (χ0) is 57.1. The zero-order valence-electron chi connectivity index (χ0n) is 52.6. The third-order valence-corrected chi connectivity index (χ3v) is 15.2. The van der Waals surface area contributed by atoms with Crippen LogP contribution in [-0.2, 0) is 28.6 Å². The first-order chi connectivity index (χ1) is 39.0. The molecule has 0 saturated carbocycles. The maximum atomic E-state index is 12.9. The number of unbranched alkanes of at least 4 members (excludes halogenated alkanes) is 40. The van der Waals surface area contributed by atoms with Gasteiger partial charge in [-0.3, -0.25) is 14.4 Å². The van der Waals surface area contributed by atoms with Gasteiger partial charge in [-0.05, 0) is 89.9 Å². The molecule has 0 aliphatic rings. The molecule has 0 fully saturated rings. The average molecular weight is 1100 g/mol. The summed E-state index contributed by atoms with van der Waals surface area (Å²) >= 11 is 0. The van der Waals surface area contributed by atoms with Gasteiger partial charge < -0.3 is 14.2 Å². The Hall–Kier alpha value is -3.15. The summed E-state index contributed by atoms with van der Waals surface area (Å²) in [6.07, 6.45) is 87.9. The van der Waals surface area contributed by atoms with Gasteiger partial charge in [-0.2, -0.15) is 0 Å². The van der Waals surface area contributed by atoms with Crippen LogP contribution in [-0.4, -0.2) is 37.2 Å². The Morgan fingerprint density at radius 3 is 0.772 bits per heavy atom. The van der Waals surface area contributed by atoms with Crippen molar-refractivity contribution >= 4 is 17.9 Å². The van der Waals surface area contributed by atoms with E-state index in [2.05, 4.69) is 93.7 Å². The molecule has 0 aromatic carbocycles. The van der Waals surface area contributed by atoms with Crippen LogP contribution in [0.5, 0.6) is 0 Å². The van der Waals surface area contributed by atoms with Crippen LogP contribution in [0.4, 0.5) is 0 Å². The molecule has 0 saturated heterocycles. The maximum Gasteiger partial charge on any atom is 0.306 e. The molecule has 0 aliphatic heterocycles. The zero-order valence-corrected chi connectivity index (χ0v) is 52.6. The second-order valence-electron chi connectivity index (χ2n) is 23.1. The van der Waals surface area contributed by atoms with Gasteiger partial charge in [0, 0.05) is 19.3 Å². The second-order valence-corrected chi connectivity index (χ2v) is 23.1. The van der Waals surface area contributed by atoms with Crippen LogP contribution in [0.3, 0.4) is 0 Å². The lowest BCUT2D eigenvalue weighted by molar-refractivity contribution is -0.167. The molecule has 0 bridgehead atoms. The normalized spacial score (nSPS) is 12.5. The van der Waals surface area contributed by atoms with Gasteiger partial charge in [-0.1, -0.05) is 318 Å². The van der Waals surface area contributed by atoms with Gasteiger partial charge >= 0.3 is 17.9 Å². The third-order valence-electron chi connectivity index (χ3n) is 15.2. The first kappa shape index (κ1) is 75.8. The van der Waals surface area contributed by atoms with E-state index in [-0.39, 0.29) is 31.1 Å². The van der Waals surface area contributed by atoms with Gasteiger partial charge in [0.1, 0.15) is 13.2 Å². The molecule has 6 heteroatoms. The average Bonchev–Trinajstić information content (AvgIpc) is 3.45. The topological polar surface area (TPSA) is 78.9 Å². The van der Waals surface area contributed by atoms with E-state index in [0.29, 0.717) is 19.3 Å². The summed E-state index contributed by atoms with van der Waals surface area (Å²) in [6.45, 7) is 6.55. The lowest BCUT2D eigenvalue weighted by Crippen LogP contribution is -2.30. The summed E-state index contributed by atoms with van der Waals surface area (Å²) in [5.74, 6) is -0.864. The van der Waals surface area contributed by atoms with Crippen molar-refractivity contribution in [1.82, 2.24) is 0 Å². The highest BCUT2D eigenvalue weighted by molar-refractivity contribution is 5.71. The first-order valence-corrected chi connectivity index (χ1v) is 34.4. The minimum atomic E-state index is -0.778. The lowest BCUT2D eigenvalue weighted by atomic mass is 10.0. The highest BCUT2D eigenvalue weighted by atomic mass is 16.6. The van der Waals surface area contributed by atoms with E-state index in [0.717, 1.165) is 96.3 Å². The highest BCUT2D eigenvalue weighted by Gasteiger charge is 2.19. The van der Waals surface area contributed by atoms with Crippen molar-refractivity contribution in [3.63, 3.8) is 0 Å². The summed E-state index contributed by atoms with van der Waals surface area (Å²) in [7, 11) is 0. The first-order valence-electron chi connectivity index (χ1n) is 34.4. The standard InChI is InChI=1S/C73H130O6/c1-4-7-10-13-16-19-22-24-26-28-30-32-33-34-35-36-37-38-39-41-42-44-46-48-51-54-57-60-63-66-72(75)78-69-70(68-77-71(74)65-62-59-56-53-50-21-18-15-12-9-6-3)79-73(76)67-64-61-58-55-52-49-47-45-43-40-31-29-27-25-23-20-17-14-11-8-5-2/h8,11,17,20,22,24-25,27-28,30-31,40,70H,4-7,9-10,12-16,18-19,21,23,26,29,32-39,41-69H2,1-3H3/b11-8-,20-17-,24-22-,27-25-,30-28-,40-31-. The number of carbonyl (C=O) groups is 3. The molecule has 79 heavy (non-hydrogen) atoms. The Labute approximate surface area is 491 Å². The van der Waals surface area contributed by atoms with Gasteiger partial charge in [-0.25, -0.2) is 0 Å². The van der Waals surface area contributed by atoms with Crippen LogP contribution >= 0.6 is 0 Å². The third kappa shape index (κ3) is 65.5. The molecule has 0 aromatic rings. The second kappa shape index (κ2) is 67.4.